The van der Waals surface area contributed by atoms with Crippen molar-refractivity contribution < 1.29 is 8.88 Å². The number of hydrogen-bond acceptors (Lipinski definition) is 2. The first-order valence-corrected chi connectivity index (χ1v) is 3.09. The third-order valence-corrected chi connectivity index (χ3v) is 1.53. The molecule has 0 aromatic heterocycles. The summed E-state index contributed by atoms with van der Waals surface area (Å²) in [5, 5.41) is 0. The van der Waals surface area contributed by atoms with Crippen molar-refractivity contribution in [2.45, 2.75) is 0 Å². The SMILES string of the molecule is BOP(C=C)OB. The molecular weight excluding hydrogens is 109 g/mol. The molecule has 0 heterocycles. The molecule has 0 radical (unpaired) electrons. The smallest absolute Gasteiger partial charge is 0.266 e. The lowest BCUT2D eigenvalue weighted by Crippen LogP contribution is -1.77. The average molecular weight is 116 g/mol. The van der Waals surface area contributed by atoms with Crippen molar-refractivity contribution in [1.82, 2.24) is 0 Å². The van der Waals surface area contributed by atoms with Crippen LogP contribution in [0.2, 0.25) is 0 Å². The van der Waals surface area contributed by atoms with Crippen molar-refractivity contribution in [2.75, 3.05) is 0 Å². The summed E-state index contributed by atoms with van der Waals surface area (Å²) >= 11 is 0. The maximum atomic E-state index is 4.77. The normalized spacial score (nSPS) is 9.29. The van der Waals surface area contributed by atoms with Gasteiger partial charge in [0, 0.05) is 0 Å². The minimum Gasteiger partial charge on any atom is -0.402 e. The topological polar surface area (TPSA) is 18.5 Å². The van der Waals surface area contributed by atoms with Crippen LogP contribution in [0.4, 0.5) is 0 Å². The van der Waals surface area contributed by atoms with E-state index in [2.05, 4.69) is 6.58 Å². The van der Waals surface area contributed by atoms with Gasteiger partial charge in [-0.25, -0.2) is 0 Å². The van der Waals surface area contributed by atoms with Crippen LogP contribution in [-0.4, -0.2) is 16.1 Å². The van der Waals surface area contributed by atoms with Crippen LogP contribution in [0.1, 0.15) is 0 Å². The predicted octanol–water partition coefficient (Wildman–Crippen LogP) is -0.429. The standard InChI is InChI=1S/C2H7B2O2P/c1-2-7(5-3)6-4/h2H,1,3-4H2. The Kier molecular flexibility index (Phi) is 4.52. The lowest BCUT2D eigenvalue weighted by Gasteiger charge is -2.05. The van der Waals surface area contributed by atoms with Gasteiger partial charge in [0.15, 0.2) is 8.38 Å². The molecule has 0 saturated heterocycles. The van der Waals surface area contributed by atoms with Crippen LogP contribution in [0, 0.1) is 0 Å². The fraction of sp³-hybridized carbons (Fsp3) is 0. The molecule has 7 heavy (non-hydrogen) atoms. The van der Waals surface area contributed by atoms with Gasteiger partial charge in [-0.2, -0.15) is 0 Å². The zero-order valence-electron chi connectivity index (χ0n) is 4.55. The van der Waals surface area contributed by atoms with E-state index >= 15 is 0 Å². The van der Waals surface area contributed by atoms with E-state index in [-0.39, 0.29) is 0 Å². The zero-order valence-corrected chi connectivity index (χ0v) is 5.44. The van der Waals surface area contributed by atoms with Gasteiger partial charge in [0.2, 0.25) is 0 Å². The van der Waals surface area contributed by atoms with Crippen molar-refractivity contribution in [3.63, 3.8) is 0 Å². The fourth-order valence-corrected chi connectivity index (χ4v) is 0.671. The van der Waals surface area contributed by atoms with E-state index in [9.17, 15) is 0 Å². The van der Waals surface area contributed by atoms with Gasteiger partial charge in [-0.05, 0) is 5.82 Å². The van der Waals surface area contributed by atoms with Crippen LogP contribution in [0.25, 0.3) is 0 Å². The highest BCUT2D eigenvalue weighted by atomic mass is 31.2. The molecule has 0 amide bonds. The molecule has 0 N–H and O–H groups in total. The van der Waals surface area contributed by atoms with Crippen LogP contribution in [0.5, 0.6) is 0 Å². The Labute approximate surface area is 46.7 Å². The summed E-state index contributed by atoms with van der Waals surface area (Å²) in [7, 11) is 2.40. The molecule has 38 valence electrons. The highest BCUT2D eigenvalue weighted by Gasteiger charge is 1.92. The van der Waals surface area contributed by atoms with Gasteiger partial charge < -0.3 is 8.88 Å². The second-order valence-corrected chi connectivity index (χ2v) is 2.50. The first-order valence-electron chi connectivity index (χ1n) is 1.85. The van der Waals surface area contributed by atoms with Gasteiger partial charge in [-0.1, -0.05) is 6.58 Å². The Morgan fingerprint density at radius 3 is 1.86 bits per heavy atom. The van der Waals surface area contributed by atoms with E-state index in [0.29, 0.717) is 0 Å². The molecule has 0 bridgehead atoms. The zero-order chi connectivity index (χ0) is 5.70. The van der Waals surface area contributed by atoms with Crippen molar-refractivity contribution in [1.29, 1.82) is 0 Å². The summed E-state index contributed by atoms with van der Waals surface area (Å²) in [5.74, 6) is 1.65. The molecule has 0 saturated carbocycles. The summed E-state index contributed by atoms with van der Waals surface area (Å²) in [5.41, 5.74) is 0. The largest absolute Gasteiger partial charge is 0.402 e. The molecule has 0 rings (SSSR count). The molecule has 0 aromatic carbocycles. The van der Waals surface area contributed by atoms with Crippen molar-refractivity contribution in [3.05, 3.63) is 12.4 Å². The predicted molar refractivity (Wildman–Crippen MR) is 36.4 cm³/mol. The lowest BCUT2D eigenvalue weighted by atomic mass is 10.6. The summed E-state index contributed by atoms with van der Waals surface area (Å²) in [6.07, 6.45) is 0. The molecule has 0 aliphatic rings. The molecule has 0 fully saturated rings. The fourth-order valence-electron chi connectivity index (χ4n) is 0.224. The Balaban J connectivity index is 3.16. The van der Waals surface area contributed by atoms with Crippen LogP contribution < -0.4 is 0 Å². The second-order valence-electron chi connectivity index (χ2n) is 0.833. The molecule has 0 unspecified atom stereocenters. The number of hydrogen-bond donors (Lipinski definition) is 0. The van der Waals surface area contributed by atoms with E-state index in [1.54, 1.807) is 21.9 Å². The van der Waals surface area contributed by atoms with Gasteiger partial charge in [-0.15, -0.1) is 0 Å². The molecule has 0 spiro atoms. The summed E-state index contributed by atoms with van der Waals surface area (Å²) in [4.78, 5) is 0. The highest BCUT2D eigenvalue weighted by molar-refractivity contribution is 7.52. The van der Waals surface area contributed by atoms with Crippen molar-refractivity contribution >= 4 is 24.5 Å². The third-order valence-electron chi connectivity index (χ3n) is 0.509. The Bertz CT molecular complexity index is 55.7. The highest BCUT2D eigenvalue weighted by Crippen LogP contribution is 2.35. The van der Waals surface area contributed by atoms with Gasteiger partial charge in [0.1, 0.15) is 0 Å². The molecular formula is C2H7B2O2P. The maximum absolute atomic E-state index is 4.77. The monoisotopic (exact) mass is 116 g/mol. The molecule has 5 heteroatoms. The third kappa shape index (κ3) is 2.86. The molecule has 0 aliphatic carbocycles. The Hall–Kier alpha value is 0.220. The van der Waals surface area contributed by atoms with E-state index in [1.165, 1.54) is 0 Å². The second kappa shape index (κ2) is 4.38. The first-order chi connectivity index (χ1) is 3.35. The van der Waals surface area contributed by atoms with Crippen LogP contribution in [-0.2, 0) is 8.88 Å². The van der Waals surface area contributed by atoms with E-state index in [1.807, 2.05) is 0 Å². The van der Waals surface area contributed by atoms with Gasteiger partial charge in [0.05, 0.1) is 0 Å². The quantitative estimate of drug-likeness (QED) is 0.367. The molecule has 0 aliphatic heterocycles. The van der Waals surface area contributed by atoms with Crippen LogP contribution in [0.15, 0.2) is 12.4 Å². The summed E-state index contributed by atoms with van der Waals surface area (Å²) in [6, 6.07) is 0. The minimum atomic E-state index is -0.790. The number of rotatable bonds is 3. The molecule has 0 aromatic rings. The summed E-state index contributed by atoms with van der Waals surface area (Å²) < 4.78 is 9.55. The maximum Gasteiger partial charge on any atom is 0.266 e. The van der Waals surface area contributed by atoms with E-state index in [0.717, 1.165) is 0 Å². The van der Waals surface area contributed by atoms with Gasteiger partial charge in [0.25, 0.3) is 16.1 Å². The van der Waals surface area contributed by atoms with Gasteiger partial charge in [-0.3, -0.25) is 0 Å². The minimum absolute atomic E-state index is 0.790. The van der Waals surface area contributed by atoms with Gasteiger partial charge >= 0.3 is 0 Å². The van der Waals surface area contributed by atoms with E-state index in [4.69, 9.17) is 8.88 Å². The molecule has 2 nitrogen and oxygen atoms in total. The van der Waals surface area contributed by atoms with Crippen molar-refractivity contribution in [2.24, 2.45) is 0 Å². The van der Waals surface area contributed by atoms with Crippen LogP contribution >= 0.6 is 8.38 Å². The molecule has 0 atom stereocenters. The van der Waals surface area contributed by atoms with Crippen LogP contribution in [0.3, 0.4) is 0 Å². The average Bonchev–Trinajstić information content (AvgIpc) is 1.72. The van der Waals surface area contributed by atoms with Crippen molar-refractivity contribution in [3.8, 4) is 0 Å². The Morgan fingerprint density at radius 1 is 1.43 bits per heavy atom. The Morgan fingerprint density at radius 2 is 1.86 bits per heavy atom. The van der Waals surface area contributed by atoms with E-state index < -0.39 is 8.38 Å². The first kappa shape index (κ1) is 7.22. The summed E-state index contributed by atoms with van der Waals surface area (Å²) in [6.45, 7) is 3.48. The lowest BCUT2D eigenvalue weighted by molar-refractivity contribution is 0.560.